The van der Waals surface area contributed by atoms with Crippen molar-refractivity contribution in [3.63, 3.8) is 0 Å². The van der Waals surface area contributed by atoms with Crippen molar-refractivity contribution in [2.24, 2.45) is 11.3 Å². The average molecular weight is 799 g/mol. The maximum atomic E-state index is 15.4. The first kappa shape index (κ1) is 44.6. The summed E-state index contributed by atoms with van der Waals surface area (Å²) in [5, 5.41) is 10.4. The minimum atomic E-state index is -2.52. The fourth-order valence-electron chi connectivity index (χ4n) is 7.48. The quantitative estimate of drug-likeness (QED) is 0.135. The highest BCUT2D eigenvalue weighted by Crippen LogP contribution is 2.46. The van der Waals surface area contributed by atoms with E-state index in [1.807, 2.05) is 51.1 Å². The van der Waals surface area contributed by atoms with Crippen LogP contribution in [0.3, 0.4) is 0 Å². The third kappa shape index (κ3) is 9.86. The molecule has 0 saturated carbocycles. The lowest BCUT2D eigenvalue weighted by Gasteiger charge is -2.46. The van der Waals surface area contributed by atoms with Crippen LogP contribution in [0.25, 0.3) is 11.3 Å². The van der Waals surface area contributed by atoms with Gasteiger partial charge in [-0.15, -0.1) is 0 Å². The maximum Gasteiger partial charge on any atom is 0.407 e. The molecule has 1 fully saturated rings. The Morgan fingerprint density at radius 3 is 2.18 bits per heavy atom. The van der Waals surface area contributed by atoms with E-state index in [0.717, 1.165) is 23.8 Å². The van der Waals surface area contributed by atoms with Crippen LogP contribution in [0.1, 0.15) is 86.7 Å². The second kappa shape index (κ2) is 16.8. The molecule has 14 heteroatoms. The Bertz CT molecular complexity index is 1870. The van der Waals surface area contributed by atoms with E-state index in [0.29, 0.717) is 5.82 Å². The lowest BCUT2D eigenvalue weighted by molar-refractivity contribution is -0.164. The highest BCUT2D eigenvalue weighted by Gasteiger charge is 2.55. The number of benzene rings is 2. The minimum absolute atomic E-state index is 0.0469. The van der Waals surface area contributed by atoms with Crippen LogP contribution in [0.15, 0.2) is 54.7 Å². The van der Waals surface area contributed by atoms with Gasteiger partial charge in [-0.1, -0.05) is 71.9 Å². The lowest BCUT2D eigenvalue weighted by atomic mass is 9.78. The van der Waals surface area contributed by atoms with Crippen LogP contribution in [0, 0.1) is 23.0 Å². The van der Waals surface area contributed by atoms with Crippen molar-refractivity contribution in [2.45, 2.75) is 124 Å². The molecule has 5 atom stereocenters. The highest BCUT2D eigenvalue weighted by molar-refractivity contribution is 6.74. The molecule has 1 saturated heterocycles. The van der Waals surface area contributed by atoms with Crippen molar-refractivity contribution >= 4 is 26.3 Å². The van der Waals surface area contributed by atoms with Crippen LogP contribution in [0.4, 0.5) is 13.6 Å². The van der Waals surface area contributed by atoms with Crippen LogP contribution >= 0.6 is 0 Å². The monoisotopic (exact) mass is 798 g/mol. The Kier molecular flexibility index (Phi) is 13.3. The summed E-state index contributed by atoms with van der Waals surface area (Å²) in [6, 6.07) is 11.0. The smallest absolute Gasteiger partial charge is 0.407 e. The maximum absolute atomic E-state index is 15.4. The van der Waals surface area contributed by atoms with Crippen LogP contribution in [-0.4, -0.2) is 94.8 Å². The molecule has 1 unspecified atom stereocenters. The molecule has 1 N–H and O–H groups in total. The Balaban J connectivity index is 2.04. The summed E-state index contributed by atoms with van der Waals surface area (Å²) in [5.74, 6) is -2.83. The third-order valence-electron chi connectivity index (χ3n) is 11.3. The standard InChI is InChI=1S/C42H60F2N4O7Si/c1-26(54-27(2)49)38(50)47(23-31-34(55-56(12,13)41(6,7)8)25-48(39(51)52)35(31)40(3,4)5)36(42(9,10)53-11)37-45-33(30-21-29(43)19-20-32(30)44)24-46(37)22-28-17-15-14-16-18-28/h14-21,24,26,31,34-36H,22-23,25H2,1-13H3,(H,51,52)/t26-,31-,34+,35?,36-/m0/s1. The number of carbonyl (C=O) groups is 3. The minimum Gasteiger partial charge on any atom is -0.465 e. The van der Waals surface area contributed by atoms with E-state index in [2.05, 4.69) is 33.9 Å². The number of amides is 2. The number of carbonyl (C=O) groups excluding carboxylic acids is 2. The molecule has 308 valence electrons. The number of imidazole rings is 1. The van der Waals surface area contributed by atoms with Crippen LogP contribution in [-0.2, 0) is 30.0 Å². The second-order valence-corrected chi connectivity index (χ2v) is 22.8. The van der Waals surface area contributed by atoms with Crippen molar-refractivity contribution in [1.29, 1.82) is 0 Å². The molecule has 56 heavy (non-hydrogen) atoms. The first-order chi connectivity index (χ1) is 25.8. The van der Waals surface area contributed by atoms with Gasteiger partial charge in [0.25, 0.3) is 5.91 Å². The zero-order chi connectivity index (χ0) is 42.1. The van der Waals surface area contributed by atoms with Gasteiger partial charge in [0.1, 0.15) is 23.5 Å². The Morgan fingerprint density at radius 1 is 1.02 bits per heavy atom. The molecule has 2 heterocycles. The normalized spacial score (nSPS) is 19.1. The van der Waals surface area contributed by atoms with Gasteiger partial charge < -0.3 is 33.4 Å². The van der Waals surface area contributed by atoms with E-state index < -0.39 is 79.1 Å². The summed E-state index contributed by atoms with van der Waals surface area (Å²) in [7, 11) is -1.01. The van der Waals surface area contributed by atoms with Gasteiger partial charge in [0.15, 0.2) is 14.4 Å². The van der Waals surface area contributed by atoms with E-state index in [4.69, 9.17) is 18.9 Å². The van der Waals surface area contributed by atoms with Gasteiger partial charge in [-0.2, -0.15) is 0 Å². The number of ether oxygens (including phenoxy) is 2. The number of rotatable bonds is 13. The largest absolute Gasteiger partial charge is 0.465 e. The van der Waals surface area contributed by atoms with Crippen molar-refractivity contribution in [3.8, 4) is 11.3 Å². The van der Waals surface area contributed by atoms with E-state index in [9.17, 15) is 23.9 Å². The first-order valence-corrected chi connectivity index (χ1v) is 22.0. The summed E-state index contributed by atoms with van der Waals surface area (Å²) in [4.78, 5) is 48.2. The zero-order valence-electron chi connectivity index (χ0n) is 35.1. The van der Waals surface area contributed by atoms with Crippen molar-refractivity contribution in [3.05, 3.63) is 77.8 Å². The molecule has 3 aromatic rings. The molecule has 2 aromatic carbocycles. The molecular weight excluding hydrogens is 739 g/mol. The predicted octanol–water partition coefficient (Wildman–Crippen LogP) is 8.54. The van der Waals surface area contributed by atoms with Crippen LogP contribution < -0.4 is 0 Å². The van der Waals surface area contributed by atoms with E-state index in [-0.39, 0.29) is 35.9 Å². The van der Waals surface area contributed by atoms with Gasteiger partial charge in [-0.25, -0.2) is 18.6 Å². The number of hydrogen-bond acceptors (Lipinski definition) is 7. The topological polar surface area (TPSA) is 123 Å². The van der Waals surface area contributed by atoms with Crippen LogP contribution in [0.2, 0.25) is 18.1 Å². The molecule has 0 spiro atoms. The summed E-state index contributed by atoms with van der Waals surface area (Å²) >= 11 is 0. The molecule has 0 bridgehead atoms. The van der Waals surface area contributed by atoms with Crippen molar-refractivity contribution in [1.82, 2.24) is 19.4 Å². The van der Waals surface area contributed by atoms with E-state index in [1.165, 1.54) is 25.9 Å². The number of esters is 1. The molecule has 1 aliphatic rings. The Labute approximate surface area is 331 Å². The lowest BCUT2D eigenvalue weighted by Crippen LogP contribution is -2.56. The summed E-state index contributed by atoms with van der Waals surface area (Å²) in [6.07, 6.45) is -1.34. The fraction of sp³-hybridized carbons (Fsp3) is 0.571. The van der Waals surface area contributed by atoms with Gasteiger partial charge in [0, 0.05) is 57.4 Å². The molecule has 1 aliphatic heterocycles. The molecule has 0 radical (unpaired) electrons. The highest BCUT2D eigenvalue weighted by atomic mass is 28.4. The molecule has 1 aromatic heterocycles. The summed E-state index contributed by atoms with van der Waals surface area (Å²) in [6.45, 7) is 23.0. The molecule has 11 nitrogen and oxygen atoms in total. The molecule has 0 aliphatic carbocycles. The predicted molar refractivity (Wildman–Crippen MR) is 213 cm³/mol. The number of aromatic nitrogens is 2. The average Bonchev–Trinajstić information content (AvgIpc) is 3.65. The van der Waals surface area contributed by atoms with Gasteiger partial charge >= 0.3 is 12.1 Å². The van der Waals surface area contributed by atoms with Crippen molar-refractivity contribution in [2.75, 3.05) is 20.2 Å². The van der Waals surface area contributed by atoms with Gasteiger partial charge in [0.2, 0.25) is 0 Å². The number of methoxy groups -OCH3 is 1. The first-order valence-electron chi connectivity index (χ1n) is 19.1. The third-order valence-corrected chi connectivity index (χ3v) is 15.8. The summed E-state index contributed by atoms with van der Waals surface area (Å²) < 4.78 is 50.5. The second-order valence-electron chi connectivity index (χ2n) is 18.0. The van der Waals surface area contributed by atoms with Crippen molar-refractivity contribution < 1.29 is 42.2 Å². The van der Waals surface area contributed by atoms with E-state index in [1.54, 1.807) is 29.5 Å². The van der Waals surface area contributed by atoms with Crippen LogP contribution in [0.5, 0.6) is 0 Å². The zero-order valence-corrected chi connectivity index (χ0v) is 36.1. The molecular formula is C42H60F2N4O7Si. The number of likely N-dealkylation sites (tertiary alicyclic amines) is 1. The number of carboxylic acid groups (broad SMARTS) is 1. The van der Waals surface area contributed by atoms with Gasteiger partial charge in [-0.05, 0) is 68.1 Å². The fourth-order valence-corrected chi connectivity index (χ4v) is 8.84. The summed E-state index contributed by atoms with van der Waals surface area (Å²) in [5.41, 5.74) is -0.871. The molecule has 4 rings (SSSR count). The number of nitrogens with zero attached hydrogens (tertiary/aromatic N) is 4. The number of halogens is 2. The SMILES string of the molecule is COC(C)(C)[C@H](c1nc(-c2cc(F)ccc2F)cn1Cc1ccccc1)N(C[C@@H]1C(C(C)(C)C)N(C(=O)O)C[C@H]1O[Si](C)(C)C(C)(C)C)C(=O)[C@H](C)OC(C)=O. The molecule has 2 amide bonds. The van der Waals surface area contributed by atoms with E-state index >= 15 is 4.39 Å². The number of hydrogen-bond donors (Lipinski definition) is 1. The van der Waals surface area contributed by atoms with Gasteiger partial charge in [-0.3, -0.25) is 9.59 Å². The van der Waals surface area contributed by atoms with Gasteiger partial charge in [0.05, 0.1) is 17.4 Å². The Morgan fingerprint density at radius 2 is 1.64 bits per heavy atom. The Hall–Kier alpha value is -4.14.